The predicted molar refractivity (Wildman–Crippen MR) is 102 cm³/mol. The Bertz CT molecular complexity index is 982. The molecule has 0 spiro atoms. The Morgan fingerprint density at radius 1 is 1.11 bits per heavy atom. The molecule has 0 atom stereocenters. The van der Waals surface area contributed by atoms with Crippen molar-refractivity contribution in [2.24, 2.45) is 7.05 Å². The van der Waals surface area contributed by atoms with E-state index in [1.165, 1.54) is 24.3 Å². The largest absolute Gasteiger partial charge is 0.573 e. The number of aryl methyl sites for hydroxylation is 1. The van der Waals surface area contributed by atoms with Gasteiger partial charge in [-0.05, 0) is 45.3 Å². The van der Waals surface area contributed by atoms with Gasteiger partial charge in [-0.1, -0.05) is 30.3 Å². The van der Waals surface area contributed by atoms with Crippen molar-refractivity contribution in [2.75, 3.05) is 0 Å². The number of hydrogen-bond donors (Lipinski definition) is 0. The molecule has 0 aliphatic rings. The van der Waals surface area contributed by atoms with E-state index in [-0.39, 0.29) is 24.4 Å². The Kier molecular flexibility index (Phi) is 5.88. The number of Topliss-reactive ketones (excluding diaryl/α,β-unsaturated/α-hetero) is 1. The van der Waals surface area contributed by atoms with Gasteiger partial charge < -0.3 is 4.74 Å². The number of alkyl halides is 3. The number of hydrogen-bond acceptors (Lipinski definition) is 3. The molecule has 0 saturated carbocycles. The molecule has 0 aliphatic carbocycles. The lowest BCUT2D eigenvalue weighted by Crippen LogP contribution is -2.17. The smallest absolute Gasteiger partial charge is 0.406 e. The molecule has 4 nitrogen and oxygen atoms in total. The summed E-state index contributed by atoms with van der Waals surface area (Å²) in [5, 5.41) is 4.39. The Balaban J connectivity index is 1.65. The molecule has 0 aliphatic heterocycles. The second kappa shape index (κ2) is 8.18. The molecule has 8 heteroatoms. The maximum atomic E-state index is 12.4. The average molecular weight is 453 g/mol. The standard InChI is InChI=1S/C20H16BrF3N2O2/c1-26-12-18(21)19(25-26)15-4-2-3-14(9-15)11-16(27)10-13-5-7-17(8-6-13)28-20(22,23)24/h2-9,12H,10-11H2,1H3. The zero-order valence-corrected chi connectivity index (χ0v) is 16.4. The first-order valence-electron chi connectivity index (χ1n) is 8.34. The first-order valence-corrected chi connectivity index (χ1v) is 9.14. The number of aromatic nitrogens is 2. The van der Waals surface area contributed by atoms with Gasteiger partial charge in [0.05, 0.1) is 4.47 Å². The minimum atomic E-state index is -4.73. The fourth-order valence-corrected chi connectivity index (χ4v) is 3.42. The summed E-state index contributed by atoms with van der Waals surface area (Å²) in [7, 11) is 1.83. The van der Waals surface area contributed by atoms with Gasteiger partial charge in [0.15, 0.2) is 0 Å². The van der Waals surface area contributed by atoms with Crippen LogP contribution in [-0.2, 0) is 24.7 Å². The molecule has 0 bridgehead atoms. The van der Waals surface area contributed by atoms with Gasteiger partial charge >= 0.3 is 6.36 Å². The lowest BCUT2D eigenvalue weighted by molar-refractivity contribution is -0.274. The summed E-state index contributed by atoms with van der Waals surface area (Å²) in [5.74, 6) is -0.348. The highest BCUT2D eigenvalue weighted by Gasteiger charge is 2.30. The van der Waals surface area contributed by atoms with E-state index in [1.807, 2.05) is 37.5 Å². The van der Waals surface area contributed by atoms with E-state index in [1.54, 1.807) is 4.68 Å². The van der Waals surface area contributed by atoms with E-state index in [0.717, 1.165) is 21.3 Å². The highest BCUT2D eigenvalue weighted by Crippen LogP contribution is 2.27. The molecule has 0 N–H and O–H groups in total. The molecular formula is C20H16BrF3N2O2. The van der Waals surface area contributed by atoms with E-state index >= 15 is 0 Å². The predicted octanol–water partition coefficient (Wildman–Crippen LogP) is 5.10. The quantitative estimate of drug-likeness (QED) is 0.522. The molecular weight excluding hydrogens is 437 g/mol. The average Bonchev–Trinajstić information content (AvgIpc) is 2.94. The van der Waals surface area contributed by atoms with E-state index in [0.29, 0.717) is 5.56 Å². The van der Waals surface area contributed by atoms with Crippen LogP contribution >= 0.6 is 15.9 Å². The lowest BCUT2D eigenvalue weighted by atomic mass is 10.0. The third kappa shape index (κ3) is 5.45. The van der Waals surface area contributed by atoms with Crippen LogP contribution in [0.25, 0.3) is 11.3 Å². The summed E-state index contributed by atoms with van der Waals surface area (Å²) in [5.41, 5.74) is 3.16. The van der Waals surface area contributed by atoms with Gasteiger partial charge in [-0.2, -0.15) is 5.10 Å². The summed E-state index contributed by atoms with van der Waals surface area (Å²) in [6.07, 6.45) is -2.53. The fraction of sp³-hybridized carbons (Fsp3) is 0.200. The maximum Gasteiger partial charge on any atom is 0.573 e. The molecule has 146 valence electrons. The first kappa shape index (κ1) is 20.1. The third-order valence-electron chi connectivity index (χ3n) is 3.94. The second-order valence-corrected chi connectivity index (χ2v) is 7.14. The topological polar surface area (TPSA) is 44.1 Å². The normalized spacial score (nSPS) is 11.5. The van der Waals surface area contributed by atoms with E-state index < -0.39 is 6.36 Å². The van der Waals surface area contributed by atoms with Crippen LogP contribution in [0.2, 0.25) is 0 Å². The van der Waals surface area contributed by atoms with Crippen molar-refractivity contribution >= 4 is 21.7 Å². The van der Waals surface area contributed by atoms with Crippen LogP contribution in [0.1, 0.15) is 11.1 Å². The number of ketones is 1. The maximum absolute atomic E-state index is 12.4. The monoisotopic (exact) mass is 452 g/mol. The van der Waals surface area contributed by atoms with E-state index in [9.17, 15) is 18.0 Å². The Labute approximate surface area is 168 Å². The molecule has 1 aromatic heterocycles. The van der Waals surface area contributed by atoms with Crippen molar-refractivity contribution in [1.29, 1.82) is 0 Å². The minimum absolute atomic E-state index is 0.0401. The van der Waals surface area contributed by atoms with Crippen molar-refractivity contribution in [3.8, 4) is 17.0 Å². The van der Waals surface area contributed by atoms with Gasteiger partial charge in [0.1, 0.15) is 17.2 Å². The number of carbonyl (C=O) groups is 1. The molecule has 0 saturated heterocycles. The van der Waals surface area contributed by atoms with Crippen LogP contribution in [0, 0.1) is 0 Å². The van der Waals surface area contributed by atoms with E-state index in [2.05, 4.69) is 25.8 Å². The van der Waals surface area contributed by atoms with Gasteiger partial charge in [0, 0.05) is 31.6 Å². The summed E-state index contributed by atoms with van der Waals surface area (Å²) in [6.45, 7) is 0. The molecule has 3 aromatic rings. The number of ether oxygens (including phenoxy) is 1. The van der Waals surface area contributed by atoms with Gasteiger partial charge in [-0.25, -0.2) is 0 Å². The summed E-state index contributed by atoms with van der Waals surface area (Å²) >= 11 is 3.47. The number of nitrogens with zero attached hydrogens (tertiary/aromatic N) is 2. The van der Waals surface area contributed by atoms with Crippen LogP contribution in [0.3, 0.4) is 0 Å². The van der Waals surface area contributed by atoms with Crippen LogP contribution < -0.4 is 4.74 Å². The Hall–Kier alpha value is -2.61. The van der Waals surface area contributed by atoms with Crippen LogP contribution in [0.15, 0.2) is 59.2 Å². The summed E-state index contributed by atoms with van der Waals surface area (Å²) < 4.78 is 43.0. The zero-order chi connectivity index (χ0) is 20.3. The fourth-order valence-electron chi connectivity index (χ4n) is 2.81. The molecule has 0 amide bonds. The van der Waals surface area contributed by atoms with Crippen LogP contribution in [-0.4, -0.2) is 21.9 Å². The van der Waals surface area contributed by atoms with Crippen molar-refractivity contribution in [1.82, 2.24) is 9.78 Å². The molecule has 0 radical (unpaired) electrons. The number of carbonyl (C=O) groups excluding carboxylic acids is 1. The molecule has 2 aromatic carbocycles. The molecule has 1 heterocycles. The molecule has 0 fully saturated rings. The van der Waals surface area contributed by atoms with Gasteiger partial charge in [0.25, 0.3) is 0 Å². The van der Waals surface area contributed by atoms with Gasteiger partial charge in [-0.3, -0.25) is 9.48 Å². The lowest BCUT2D eigenvalue weighted by Gasteiger charge is -2.09. The molecule has 28 heavy (non-hydrogen) atoms. The van der Waals surface area contributed by atoms with E-state index in [4.69, 9.17) is 0 Å². The van der Waals surface area contributed by atoms with Crippen LogP contribution in [0.5, 0.6) is 5.75 Å². The summed E-state index contributed by atoms with van der Waals surface area (Å²) in [6, 6.07) is 12.9. The first-order chi connectivity index (χ1) is 13.2. The SMILES string of the molecule is Cn1cc(Br)c(-c2cccc(CC(=O)Cc3ccc(OC(F)(F)F)cc3)c2)n1. The molecule has 0 unspecified atom stereocenters. The van der Waals surface area contributed by atoms with Crippen molar-refractivity contribution in [3.05, 3.63) is 70.3 Å². The molecule has 3 rings (SSSR count). The number of rotatable bonds is 6. The Morgan fingerprint density at radius 3 is 2.39 bits per heavy atom. The minimum Gasteiger partial charge on any atom is -0.406 e. The van der Waals surface area contributed by atoms with Gasteiger partial charge in [0.2, 0.25) is 0 Å². The third-order valence-corrected chi connectivity index (χ3v) is 4.52. The van der Waals surface area contributed by atoms with Gasteiger partial charge in [-0.15, -0.1) is 13.2 Å². The van der Waals surface area contributed by atoms with Crippen molar-refractivity contribution in [3.63, 3.8) is 0 Å². The van der Waals surface area contributed by atoms with Crippen molar-refractivity contribution < 1.29 is 22.7 Å². The second-order valence-electron chi connectivity index (χ2n) is 6.28. The summed E-state index contributed by atoms with van der Waals surface area (Å²) in [4.78, 5) is 12.4. The highest BCUT2D eigenvalue weighted by molar-refractivity contribution is 9.10. The van der Waals surface area contributed by atoms with Crippen molar-refractivity contribution in [2.45, 2.75) is 19.2 Å². The number of halogens is 4. The van der Waals surface area contributed by atoms with Crippen LogP contribution in [0.4, 0.5) is 13.2 Å². The zero-order valence-electron chi connectivity index (χ0n) is 14.8. The Morgan fingerprint density at radius 2 is 1.79 bits per heavy atom. The highest BCUT2D eigenvalue weighted by atomic mass is 79.9. The number of benzene rings is 2.